The molecule has 2 saturated heterocycles. The summed E-state index contributed by atoms with van der Waals surface area (Å²) in [4.78, 5) is 10.0. The van der Waals surface area contributed by atoms with Crippen LogP contribution in [-0.4, -0.2) is 67.6 Å². The fraction of sp³-hybridized carbons (Fsp3) is 0.762. The van der Waals surface area contributed by atoms with Crippen molar-refractivity contribution in [3.05, 3.63) is 24.2 Å². The van der Waals surface area contributed by atoms with Gasteiger partial charge in [-0.25, -0.2) is 0 Å². The van der Waals surface area contributed by atoms with Crippen LogP contribution in [0.1, 0.15) is 57.8 Å². The standard InChI is InChI=1S/C21H37N5O.HI/c1-3-22-21(23-16-18-10-8-14-25(18)4-2)24-17-19(20-11-9-15-27-20)26-12-6-5-7-13-26;/h9,11,15,18-19H,3-8,10,12-14,16-17H2,1-2H3,(H2,22,23,24);1H. The van der Waals surface area contributed by atoms with Gasteiger partial charge in [0.1, 0.15) is 5.76 Å². The van der Waals surface area contributed by atoms with Crippen molar-refractivity contribution < 1.29 is 4.42 Å². The lowest BCUT2D eigenvalue weighted by Gasteiger charge is -2.32. The molecule has 0 saturated carbocycles. The summed E-state index contributed by atoms with van der Waals surface area (Å²) in [6, 6.07) is 4.93. The molecule has 1 aromatic heterocycles. The van der Waals surface area contributed by atoms with Gasteiger partial charge in [0.2, 0.25) is 0 Å². The fourth-order valence-corrected chi connectivity index (χ4v) is 4.37. The van der Waals surface area contributed by atoms with Crippen molar-refractivity contribution in [1.82, 2.24) is 20.4 Å². The Labute approximate surface area is 187 Å². The van der Waals surface area contributed by atoms with E-state index in [1.165, 1.54) is 38.6 Å². The minimum atomic E-state index is 0. The molecule has 0 spiro atoms. The van der Waals surface area contributed by atoms with Gasteiger partial charge in [-0.1, -0.05) is 13.3 Å². The topological polar surface area (TPSA) is 56.0 Å². The van der Waals surface area contributed by atoms with Crippen molar-refractivity contribution in [1.29, 1.82) is 0 Å². The molecule has 28 heavy (non-hydrogen) atoms. The molecule has 2 fully saturated rings. The first-order valence-electron chi connectivity index (χ1n) is 10.9. The normalized spacial score (nSPS) is 22.6. The second-order valence-corrected chi connectivity index (χ2v) is 7.65. The summed E-state index contributed by atoms with van der Waals surface area (Å²) < 4.78 is 5.75. The molecule has 2 unspecified atom stereocenters. The Morgan fingerprint density at radius 3 is 2.68 bits per heavy atom. The second-order valence-electron chi connectivity index (χ2n) is 7.65. The average Bonchev–Trinajstić information content (AvgIpc) is 3.39. The van der Waals surface area contributed by atoms with Gasteiger partial charge in [0.05, 0.1) is 18.8 Å². The first-order chi connectivity index (χ1) is 13.3. The van der Waals surface area contributed by atoms with Crippen molar-refractivity contribution in [2.75, 3.05) is 45.8 Å². The highest BCUT2D eigenvalue weighted by Crippen LogP contribution is 2.25. The van der Waals surface area contributed by atoms with Crippen molar-refractivity contribution in [3.8, 4) is 0 Å². The second kappa shape index (κ2) is 12.7. The van der Waals surface area contributed by atoms with Crippen molar-refractivity contribution in [3.63, 3.8) is 0 Å². The molecule has 7 heteroatoms. The van der Waals surface area contributed by atoms with Crippen LogP contribution in [0, 0.1) is 0 Å². The molecule has 0 amide bonds. The van der Waals surface area contributed by atoms with Gasteiger partial charge in [-0.15, -0.1) is 24.0 Å². The minimum absolute atomic E-state index is 0. The number of nitrogens with one attached hydrogen (secondary N) is 2. The molecule has 6 nitrogen and oxygen atoms in total. The highest BCUT2D eigenvalue weighted by molar-refractivity contribution is 14.0. The summed E-state index contributed by atoms with van der Waals surface area (Å²) in [5.74, 6) is 1.96. The summed E-state index contributed by atoms with van der Waals surface area (Å²) in [5.41, 5.74) is 0. The molecule has 3 heterocycles. The maximum Gasteiger partial charge on any atom is 0.191 e. The number of likely N-dealkylation sites (N-methyl/N-ethyl adjacent to an activating group) is 1. The number of guanidine groups is 1. The molecule has 3 rings (SSSR count). The van der Waals surface area contributed by atoms with Crippen LogP contribution in [-0.2, 0) is 0 Å². The van der Waals surface area contributed by atoms with Crippen molar-refractivity contribution in [2.24, 2.45) is 4.99 Å². The molecular weight excluding hydrogens is 465 g/mol. The van der Waals surface area contributed by atoms with E-state index in [-0.39, 0.29) is 30.0 Å². The van der Waals surface area contributed by atoms with Crippen LogP contribution in [0.25, 0.3) is 0 Å². The Balaban J connectivity index is 0.00000280. The first kappa shape index (κ1) is 23.5. The van der Waals surface area contributed by atoms with E-state index in [4.69, 9.17) is 9.41 Å². The van der Waals surface area contributed by atoms with Gasteiger partial charge in [-0.05, 0) is 70.9 Å². The number of rotatable bonds is 8. The smallest absolute Gasteiger partial charge is 0.191 e. The van der Waals surface area contributed by atoms with Crippen LogP contribution in [0.15, 0.2) is 27.8 Å². The Hall–Kier alpha value is -0.800. The Bertz CT molecular complexity index is 559. The van der Waals surface area contributed by atoms with E-state index >= 15 is 0 Å². The number of aliphatic imine (C=N–C) groups is 1. The number of likely N-dealkylation sites (tertiary alicyclic amines) is 2. The molecule has 0 radical (unpaired) electrons. The SMILES string of the molecule is CCNC(=NCC(c1ccco1)N1CCCCC1)NCC1CCCN1CC.I. The maximum atomic E-state index is 5.75. The largest absolute Gasteiger partial charge is 0.468 e. The van der Waals surface area contributed by atoms with Gasteiger partial charge >= 0.3 is 0 Å². The molecule has 0 aromatic carbocycles. The number of piperidine rings is 1. The van der Waals surface area contributed by atoms with Crippen LogP contribution < -0.4 is 10.6 Å². The highest BCUT2D eigenvalue weighted by Gasteiger charge is 2.25. The predicted molar refractivity (Wildman–Crippen MR) is 127 cm³/mol. The molecular formula is C21H38IN5O. The Kier molecular flexibility index (Phi) is 10.6. The van der Waals surface area contributed by atoms with E-state index in [1.54, 1.807) is 6.26 Å². The molecule has 2 aliphatic rings. The summed E-state index contributed by atoms with van der Waals surface area (Å²) in [6.07, 6.45) is 8.25. The summed E-state index contributed by atoms with van der Waals surface area (Å²) in [6.45, 7) is 11.6. The van der Waals surface area contributed by atoms with E-state index < -0.39 is 0 Å². The lowest BCUT2D eigenvalue weighted by atomic mass is 10.1. The number of halogens is 1. The van der Waals surface area contributed by atoms with Crippen molar-refractivity contribution >= 4 is 29.9 Å². The Morgan fingerprint density at radius 2 is 2.00 bits per heavy atom. The molecule has 1 aromatic rings. The van der Waals surface area contributed by atoms with Crippen LogP contribution in [0.5, 0.6) is 0 Å². The van der Waals surface area contributed by atoms with Crippen LogP contribution >= 0.6 is 24.0 Å². The summed E-state index contributed by atoms with van der Waals surface area (Å²) >= 11 is 0. The average molecular weight is 503 g/mol. The number of hydrogen-bond acceptors (Lipinski definition) is 4. The zero-order valence-corrected chi connectivity index (χ0v) is 19.9. The Morgan fingerprint density at radius 1 is 1.18 bits per heavy atom. The van der Waals surface area contributed by atoms with Gasteiger partial charge in [-0.3, -0.25) is 14.8 Å². The molecule has 2 atom stereocenters. The fourth-order valence-electron chi connectivity index (χ4n) is 4.37. The number of furan rings is 1. The lowest BCUT2D eigenvalue weighted by Crippen LogP contribution is -2.45. The van der Waals surface area contributed by atoms with E-state index in [0.29, 0.717) is 6.04 Å². The molecule has 160 valence electrons. The number of hydrogen-bond donors (Lipinski definition) is 2. The van der Waals surface area contributed by atoms with Gasteiger partial charge < -0.3 is 15.1 Å². The van der Waals surface area contributed by atoms with E-state index in [0.717, 1.165) is 51.0 Å². The number of nitrogens with zero attached hydrogens (tertiary/aromatic N) is 3. The van der Waals surface area contributed by atoms with Gasteiger partial charge in [0.25, 0.3) is 0 Å². The van der Waals surface area contributed by atoms with Crippen LogP contribution in [0.3, 0.4) is 0 Å². The quantitative estimate of drug-likeness (QED) is 0.323. The third-order valence-corrected chi connectivity index (χ3v) is 5.88. The maximum absolute atomic E-state index is 5.75. The van der Waals surface area contributed by atoms with E-state index in [1.807, 2.05) is 6.07 Å². The van der Waals surface area contributed by atoms with Gasteiger partial charge in [0.15, 0.2) is 5.96 Å². The van der Waals surface area contributed by atoms with Gasteiger partial charge in [-0.2, -0.15) is 0 Å². The lowest BCUT2D eigenvalue weighted by molar-refractivity contribution is 0.150. The van der Waals surface area contributed by atoms with Crippen LogP contribution in [0.2, 0.25) is 0 Å². The third kappa shape index (κ3) is 6.62. The minimum Gasteiger partial charge on any atom is -0.468 e. The third-order valence-electron chi connectivity index (χ3n) is 5.88. The predicted octanol–water partition coefficient (Wildman–Crippen LogP) is 3.46. The summed E-state index contributed by atoms with van der Waals surface area (Å²) in [5, 5.41) is 6.99. The zero-order chi connectivity index (χ0) is 18.9. The first-order valence-corrected chi connectivity index (χ1v) is 10.9. The van der Waals surface area contributed by atoms with Crippen LogP contribution in [0.4, 0.5) is 0 Å². The van der Waals surface area contributed by atoms with E-state index in [9.17, 15) is 0 Å². The van der Waals surface area contributed by atoms with Gasteiger partial charge in [0, 0.05) is 19.1 Å². The molecule has 0 bridgehead atoms. The molecule has 2 N–H and O–H groups in total. The highest BCUT2D eigenvalue weighted by atomic mass is 127. The molecule has 2 aliphatic heterocycles. The monoisotopic (exact) mass is 503 g/mol. The molecule has 0 aliphatic carbocycles. The summed E-state index contributed by atoms with van der Waals surface area (Å²) in [7, 11) is 0. The van der Waals surface area contributed by atoms with Crippen molar-refractivity contribution in [2.45, 2.75) is 58.0 Å². The zero-order valence-electron chi connectivity index (χ0n) is 17.5. The van der Waals surface area contributed by atoms with E-state index in [2.05, 4.69) is 40.3 Å².